The van der Waals surface area contributed by atoms with Gasteiger partial charge in [0.25, 0.3) is 0 Å². The van der Waals surface area contributed by atoms with Gasteiger partial charge in [0.1, 0.15) is 7.05 Å². The Kier molecular flexibility index (Phi) is 2.87. The van der Waals surface area contributed by atoms with Crippen molar-refractivity contribution in [2.24, 2.45) is 7.05 Å². The topological polar surface area (TPSA) is 29.9 Å². The second kappa shape index (κ2) is 6.16. The molecule has 0 saturated carbocycles. The lowest BCUT2D eigenvalue weighted by molar-refractivity contribution is -0.660. The number of benzene rings is 2. The van der Waals surface area contributed by atoms with Crippen LogP contribution in [0.2, 0.25) is 0 Å². The summed E-state index contributed by atoms with van der Waals surface area (Å²) in [5.41, 5.74) is 5.23. The molecular weight excluding hydrogens is 344 g/mol. The van der Waals surface area contributed by atoms with Gasteiger partial charge in [-0.1, -0.05) is 44.1 Å². The van der Waals surface area contributed by atoms with Gasteiger partial charge in [-0.05, 0) is 36.1 Å². The maximum atomic E-state index is 8.53. The van der Waals surface area contributed by atoms with E-state index in [-0.39, 0.29) is 0 Å². The molecule has 3 aromatic heterocycles. The Morgan fingerprint density at radius 2 is 1.96 bits per heavy atom. The van der Waals surface area contributed by atoms with Crippen molar-refractivity contribution in [2.75, 3.05) is 0 Å². The average molecular weight is 371 g/mol. The van der Waals surface area contributed by atoms with Crippen LogP contribution in [-0.4, -0.2) is 4.98 Å². The van der Waals surface area contributed by atoms with E-state index in [9.17, 15) is 0 Å². The highest BCUT2D eigenvalue weighted by atomic mass is 16.3. The summed E-state index contributed by atoms with van der Waals surface area (Å²) in [5.74, 6) is -1.73. The first kappa shape index (κ1) is 13.1. The number of para-hydroxylation sites is 1. The summed E-state index contributed by atoms with van der Waals surface area (Å²) in [6.45, 7) is 0.986. The van der Waals surface area contributed by atoms with Crippen molar-refractivity contribution in [1.29, 1.82) is 0 Å². The van der Waals surface area contributed by atoms with Crippen LogP contribution in [0.1, 0.15) is 36.3 Å². The fourth-order valence-electron chi connectivity index (χ4n) is 3.83. The molecule has 2 aromatic carbocycles. The molecule has 5 aromatic rings. The minimum Gasteiger partial charge on any atom is -0.437 e. The molecule has 5 rings (SSSR count). The predicted molar refractivity (Wildman–Crippen MR) is 114 cm³/mol. The van der Waals surface area contributed by atoms with Crippen molar-refractivity contribution in [3.05, 3.63) is 71.9 Å². The van der Waals surface area contributed by atoms with E-state index in [0.29, 0.717) is 16.9 Å². The molecule has 0 aliphatic rings. The van der Waals surface area contributed by atoms with E-state index in [0.717, 1.165) is 38.5 Å². The van der Waals surface area contributed by atoms with E-state index in [1.807, 2.05) is 54.9 Å². The Hall–Kier alpha value is -3.20. The summed E-state index contributed by atoms with van der Waals surface area (Å²) in [4.78, 5) is 4.71. The van der Waals surface area contributed by atoms with Gasteiger partial charge in [-0.3, -0.25) is 0 Å². The number of hydrogen-bond acceptors (Lipinski definition) is 2. The first-order valence-corrected chi connectivity index (χ1v) is 9.30. The highest BCUT2D eigenvalue weighted by Gasteiger charge is 2.22. The third-order valence-electron chi connectivity index (χ3n) is 5.38. The molecule has 138 valence electrons. The van der Waals surface area contributed by atoms with Crippen molar-refractivity contribution in [2.45, 2.75) is 26.6 Å². The summed E-state index contributed by atoms with van der Waals surface area (Å²) in [7, 11) is 1.91. The maximum Gasteiger partial charge on any atom is 0.227 e. The first-order valence-electron chi connectivity index (χ1n) is 11.3. The molecule has 1 unspecified atom stereocenters. The van der Waals surface area contributed by atoms with Gasteiger partial charge in [0.2, 0.25) is 11.4 Å². The molecule has 0 bridgehead atoms. The minimum atomic E-state index is -2.45. The van der Waals surface area contributed by atoms with Gasteiger partial charge < -0.3 is 4.42 Å². The van der Waals surface area contributed by atoms with Gasteiger partial charge >= 0.3 is 0 Å². The lowest BCUT2D eigenvalue weighted by atomic mass is 9.97. The van der Waals surface area contributed by atoms with Crippen LogP contribution in [0, 0.1) is 6.92 Å². The SMILES string of the molecule is [2H]C([2H])([2H])C([2H])(C)c1cc[n+](C)c(-c2c(C)ccc3c2oc2nc4ccccc4cc23)c1. The quantitative estimate of drug-likeness (QED) is 0.353. The fourth-order valence-corrected chi connectivity index (χ4v) is 3.83. The number of nitrogens with zero attached hydrogens (tertiary/aromatic N) is 2. The molecule has 0 fully saturated rings. The zero-order chi connectivity index (χ0) is 22.8. The molecule has 28 heavy (non-hydrogen) atoms. The molecule has 0 aliphatic carbocycles. The van der Waals surface area contributed by atoms with Crippen molar-refractivity contribution < 1.29 is 14.5 Å². The van der Waals surface area contributed by atoms with E-state index < -0.39 is 12.7 Å². The van der Waals surface area contributed by atoms with Gasteiger partial charge in [-0.25, -0.2) is 9.55 Å². The molecule has 0 radical (unpaired) electrons. The van der Waals surface area contributed by atoms with Crippen LogP contribution in [0.15, 0.2) is 65.2 Å². The van der Waals surface area contributed by atoms with Gasteiger partial charge in [0.05, 0.1) is 11.1 Å². The fraction of sp³-hybridized carbons (Fsp3) is 0.200. The molecule has 0 aliphatic heterocycles. The second-order valence-corrected chi connectivity index (χ2v) is 7.31. The smallest absolute Gasteiger partial charge is 0.227 e. The molecule has 3 nitrogen and oxygen atoms in total. The molecule has 3 heterocycles. The summed E-state index contributed by atoms with van der Waals surface area (Å²) in [6.07, 6.45) is 1.80. The van der Waals surface area contributed by atoms with Crippen molar-refractivity contribution in [3.8, 4) is 11.3 Å². The Labute approximate surface area is 169 Å². The molecule has 0 saturated heterocycles. The zero-order valence-electron chi connectivity index (χ0n) is 20.1. The number of pyridine rings is 2. The van der Waals surface area contributed by atoms with E-state index >= 15 is 0 Å². The Balaban J connectivity index is 1.82. The normalized spacial score (nSPS) is 16.5. The van der Waals surface area contributed by atoms with Gasteiger partial charge in [-0.15, -0.1) is 0 Å². The number of hydrogen-bond donors (Lipinski definition) is 0. The lowest BCUT2D eigenvalue weighted by Crippen LogP contribution is -2.31. The van der Waals surface area contributed by atoms with Crippen LogP contribution in [0.3, 0.4) is 0 Å². The molecule has 3 heteroatoms. The Morgan fingerprint density at radius 3 is 2.82 bits per heavy atom. The summed E-state index contributed by atoms with van der Waals surface area (Å²) in [6, 6.07) is 17.6. The van der Waals surface area contributed by atoms with Crippen molar-refractivity contribution >= 4 is 33.0 Å². The van der Waals surface area contributed by atoms with E-state index in [4.69, 9.17) is 14.9 Å². The monoisotopic (exact) mass is 371 g/mol. The highest BCUT2D eigenvalue weighted by Crippen LogP contribution is 2.37. The summed E-state index contributed by atoms with van der Waals surface area (Å²) < 4.78 is 40.2. The van der Waals surface area contributed by atoms with Crippen LogP contribution in [0.4, 0.5) is 0 Å². The predicted octanol–water partition coefficient (Wildman–Crippen LogP) is 6.06. The maximum absolute atomic E-state index is 8.53. The second-order valence-electron chi connectivity index (χ2n) is 7.31. The molecular formula is C25H23N2O+. The van der Waals surface area contributed by atoms with Crippen LogP contribution < -0.4 is 4.57 Å². The van der Waals surface area contributed by atoms with Gasteiger partial charge in [0.15, 0.2) is 11.8 Å². The number of rotatable bonds is 2. The Bertz CT molecular complexity index is 1520. The lowest BCUT2D eigenvalue weighted by Gasteiger charge is -2.09. The minimum absolute atomic E-state index is 0.432. The van der Waals surface area contributed by atoms with Gasteiger partial charge in [-0.2, -0.15) is 0 Å². The van der Waals surface area contributed by atoms with Crippen LogP contribution in [-0.2, 0) is 7.05 Å². The molecule has 0 spiro atoms. The first-order chi connectivity index (χ1) is 15.1. The average Bonchev–Trinajstić information content (AvgIpc) is 3.09. The van der Waals surface area contributed by atoms with E-state index in [2.05, 4.69) is 6.07 Å². The van der Waals surface area contributed by atoms with Crippen LogP contribution >= 0.6 is 0 Å². The van der Waals surface area contributed by atoms with Crippen molar-refractivity contribution in [1.82, 2.24) is 4.98 Å². The third-order valence-corrected chi connectivity index (χ3v) is 5.38. The summed E-state index contributed by atoms with van der Waals surface area (Å²) in [5, 5.41) is 2.93. The molecule has 0 N–H and O–H groups in total. The number of furan rings is 1. The molecule has 1 atom stereocenters. The third kappa shape index (κ3) is 2.50. The molecule has 0 amide bonds. The van der Waals surface area contributed by atoms with E-state index in [1.165, 1.54) is 6.92 Å². The van der Waals surface area contributed by atoms with Crippen LogP contribution in [0.25, 0.3) is 44.2 Å². The summed E-state index contributed by atoms with van der Waals surface area (Å²) >= 11 is 0. The largest absolute Gasteiger partial charge is 0.437 e. The number of aromatic nitrogens is 2. The van der Waals surface area contributed by atoms with Crippen LogP contribution in [0.5, 0.6) is 0 Å². The standard InChI is InChI=1S/C25H23N2O/c1-15(2)17-11-12-27(4)22(14-17)23-16(3)9-10-19-20-13-18-7-5-6-8-21(18)26-25(20)28-24(19)23/h5-15H,1-4H3/q+1/i1D3,15D. The van der Waals surface area contributed by atoms with Gasteiger partial charge in [0, 0.05) is 33.8 Å². The Morgan fingerprint density at radius 1 is 1.11 bits per heavy atom. The zero-order valence-corrected chi connectivity index (χ0v) is 16.1. The van der Waals surface area contributed by atoms with E-state index in [1.54, 1.807) is 18.3 Å². The highest BCUT2D eigenvalue weighted by molar-refractivity contribution is 6.11. The number of fused-ring (bicyclic) bond motifs is 4. The number of aryl methyl sites for hydroxylation is 2. The van der Waals surface area contributed by atoms with Crippen molar-refractivity contribution in [3.63, 3.8) is 0 Å².